The van der Waals surface area contributed by atoms with E-state index in [0.717, 1.165) is 17.9 Å². The molecule has 0 atom stereocenters. The van der Waals surface area contributed by atoms with E-state index >= 15 is 0 Å². The van der Waals surface area contributed by atoms with Gasteiger partial charge in [-0.3, -0.25) is 4.68 Å². The number of hydrogen-bond acceptors (Lipinski definition) is 2. The average Bonchev–Trinajstić information content (AvgIpc) is 2.57. The first-order chi connectivity index (χ1) is 8.50. The number of anilines is 1. The van der Waals surface area contributed by atoms with E-state index in [0.29, 0.717) is 5.92 Å². The van der Waals surface area contributed by atoms with Gasteiger partial charge in [-0.2, -0.15) is 5.10 Å². The molecule has 2 rings (SSSR count). The van der Waals surface area contributed by atoms with Crippen LogP contribution in [0.25, 0.3) is 11.3 Å². The number of rotatable bonds is 3. The van der Waals surface area contributed by atoms with E-state index < -0.39 is 0 Å². The first-order valence-electron chi connectivity index (χ1n) is 6.38. The van der Waals surface area contributed by atoms with Crippen LogP contribution >= 0.6 is 0 Å². The molecule has 96 valence electrons. The first-order valence-corrected chi connectivity index (χ1v) is 6.38. The van der Waals surface area contributed by atoms with Gasteiger partial charge in [0.2, 0.25) is 0 Å². The molecule has 1 aromatic heterocycles. The van der Waals surface area contributed by atoms with Crippen molar-refractivity contribution in [1.29, 1.82) is 0 Å². The smallest absolute Gasteiger partial charge is 0.125 e. The summed E-state index contributed by atoms with van der Waals surface area (Å²) in [6, 6.07) is 8.32. The Morgan fingerprint density at radius 1 is 1.28 bits per heavy atom. The van der Waals surface area contributed by atoms with E-state index in [2.05, 4.69) is 38.0 Å². The molecule has 0 amide bonds. The molecule has 0 bridgehead atoms. The first kappa shape index (κ1) is 12.7. The van der Waals surface area contributed by atoms with Gasteiger partial charge in [-0.05, 0) is 24.8 Å². The number of nitrogens with two attached hydrogens (primary N) is 1. The summed E-state index contributed by atoms with van der Waals surface area (Å²) in [7, 11) is 1.90. The van der Waals surface area contributed by atoms with Crippen molar-refractivity contribution in [2.24, 2.45) is 13.0 Å². The summed E-state index contributed by atoms with van der Waals surface area (Å²) < 4.78 is 1.78. The Kier molecular flexibility index (Phi) is 3.41. The van der Waals surface area contributed by atoms with Gasteiger partial charge in [0.05, 0.1) is 5.69 Å². The fraction of sp³-hybridized carbons (Fsp3) is 0.400. The van der Waals surface area contributed by atoms with Crippen molar-refractivity contribution in [3.8, 4) is 11.3 Å². The molecule has 0 radical (unpaired) electrons. The molecule has 2 aromatic rings. The SMILES string of the molecule is Cc1ccccc1-c1nn(C)c(N)c1CC(C)C. The number of aromatic nitrogens is 2. The number of nitrogen functional groups attached to an aromatic ring is 1. The van der Waals surface area contributed by atoms with Crippen molar-refractivity contribution in [3.05, 3.63) is 35.4 Å². The third kappa shape index (κ3) is 2.26. The molecule has 0 aliphatic carbocycles. The second-order valence-corrected chi connectivity index (χ2v) is 5.25. The molecule has 2 N–H and O–H groups in total. The van der Waals surface area contributed by atoms with E-state index in [-0.39, 0.29) is 0 Å². The molecule has 0 saturated heterocycles. The quantitative estimate of drug-likeness (QED) is 0.899. The third-order valence-corrected chi connectivity index (χ3v) is 3.21. The van der Waals surface area contributed by atoms with Gasteiger partial charge in [-0.1, -0.05) is 38.1 Å². The molecular weight excluding hydrogens is 222 g/mol. The van der Waals surface area contributed by atoms with E-state index in [1.165, 1.54) is 16.7 Å². The summed E-state index contributed by atoms with van der Waals surface area (Å²) in [6.45, 7) is 6.52. The molecule has 3 heteroatoms. The van der Waals surface area contributed by atoms with Crippen LogP contribution in [-0.4, -0.2) is 9.78 Å². The van der Waals surface area contributed by atoms with Crippen LogP contribution in [0.1, 0.15) is 25.0 Å². The van der Waals surface area contributed by atoms with Gasteiger partial charge in [0, 0.05) is 18.2 Å². The van der Waals surface area contributed by atoms with E-state index in [1.54, 1.807) is 4.68 Å². The molecule has 0 aliphatic rings. The highest BCUT2D eigenvalue weighted by Gasteiger charge is 2.17. The highest BCUT2D eigenvalue weighted by Crippen LogP contribution is 2.30. The summed E-state index contributed by atoms with van der Waals surface area (Å²) in [4.78, 5) is 0. The fourth-order valence-corrected chi connectivity index (χ4v) is 2.25. The van der Waals surface area contributed by atoms with Crippen molar-refractivity contribution in [2.45, 2.75) is 27.2 Å². The van der Waals surface area contributed by atoms with E-state index in [4.69, 9.17) is 5.73 Å². The summed E-state index contributed by atoms with van der Waals surface area (Å²) in [6.07, 6.45) is 0.962. The van der Waals surface area contributed by atoms with Crippen LogP contribution in [0.4, 0.5) is 5.82 Å². The molecule has 0 saturated carbocycles. The third-order valence-electron chi connectivity index (χ3n) is 3.21. The molecule has 1 aromatic carbocycles. The predicted molar refractivity (Wildman–Crippen MR) is 76.3 cm³/mol. The van der Waals surface area contributed by atoms with Gasteiger partial charge in [0.1, 0.15) is 5.82 Å². The summed E-state index contributed by atoms with van der Waals surface area (Å²) in [5.41, 5.74) is 10.8. The second kappa shape index (κ2) is 4.84. The fourth-order valence-electron chi connectivity index (χ4n) is 2.25. The zero-order valence-electron chi connectivity index (χ0n) is 11.6. The number of hydrogen-bond donors (Lipinski definition) is 1. The maximum absolute atomic E-state index is 6.14. The van der Waals surface area contributed by atoms with Crippen molar-refractivity contribution >= 4 is 5.82 Å². The number of nitrogens with zero attached hydrogens (tertiary/aromatic N) is 2. The van der Waals surface area contributed by atoms with Crippen LogP contribution in [0, 0.1) is 12.8 Å². The Bertz CT molecular complexity index is 553. The minimum Gasteiger partial charge on any atom is -0.384 e. The van der Waals surface area contributed by atoms with Gasteiger partial charge in [-0.25, -0.2) is 0 Å². The Morgan fingerprint density at radius 2 is 1.94 bits per heavy atom. The summed E-state index contributed by atoms with van der Waals surface area (Å²) in [5, 5.41) is 4.59. The number of benzene rings is 1. The van der Waals surface area contributed by atoms with E-state index in [1.807, 2.05) is 19.2 Å². The molecule has 1 heterocycles. The van der Waals surface area contributed by atoms with Gasteiger partial charge in [0.15, 0.2) is 0 Å². The Morgan fingerprint density at radius 3 is 2.56 bits per heavy atom. The van der Waals surface area contributed by atoms with Crippen LogP contribution in [0.15, 0.2) is 24.3 Å². The monoisotopic (exact) mass is 243 g/mol. The summed E-state index contributed by atoms with van der Waals surface area (Å²) in [5.74, 6) is 1.35. The minimum absolute atomic E-state index is 0.569. The van der Waals surface area contributed by atoms with Crippen molar-refractivity contribution in [1.82, 2.24) is 9.78 Å². The zero-order valence-corrected chi connectivity index (χ0v) is 11.6. The normalized spacial score (nSPS) is 11.2. The molecule has 0 fully saturated rings. The summed E-state index contributed by atoms with van der Waals surface area (Å²) >= 11 is 0. The predicted octanol–water partition coefficient (Wildman–Crippen LogP) is 3.18. The Balaban J connectivity index is 2.57. The maximum Gasteiger partial charge on any atom is 0.125 e. The lowest BCUT2D eigenvalue weighted by Crippen LogP contribution is -2.02. The standard InChI is InChI=1S/C15H21N3/c1-10(2)9-13-14(17-18(4)15(13)16)12-8-6-5-7-11(12)3/h5-8,10H,9,16H2,1-4H3. The average molecular weight is 243 g/mol. The van der Waals surface area contributed by atoms with Crippen LogP contribution in [-0.2, 0) is 13.5 Å². The van der Waals surface area contributed by atoms with Crippen LogP contribution in [0.2, 0.25) is 0 Å². The van der Waals surface area contributed by atoms with Crippen LogP contribution in [0.3, 0.4) is 0 Å². The lowest BCUT2D eigenvalue weighted by molar-refractivity contribution is 0.648. The topological polar surface area (TPSA) is 43.8 Å². The molecule has 0 aliphatic heterocycles. The van der Waals surface area contributed by atoms with Gasteiger partial charge in [0.25, 0.3) is 0 Å². The molecule has 0 unspecified atom stereocenters. The van der Waals surface area contributed by atoms with E-state index in [9.17, 15) is 0 Å². The molecule has 3 nitrogen and oxygen atoms in total. The Labute approximate surface area is 109 Å². The van der Waals surface area contributed by atoms with Crippen LogP contribution < -0.4 is 5.73 Å². The van der Waals surface area contributed by atoms with Crippen molar-refractivity contribution in [2.75, 3.05) is 5.73 Å². The molecule has 18 heavy (non-hydrogen) atoms. The molecule has 0 spiro atoms. The number of aryl methyl sites for hydroxylation is 2. The highest BCUT2D eigenvalue weighted by atomic mass is 15.3. The lowest BCUT2D eigenvalue weighted by Gasteiger charge is -2.08. The zero-order chi connectivity index (χ0) is 13.3. The van der Waals surface area contributed by atoms with Crippen LogP contribution in [0.5, 0.6) is 0 Å². The van der Waals surface area contributed by atoms with Gasteiger partial charge < -0.3 is 5.73 Å². The minimum atomic E-state index is 0.569. The van der Waals surface area contributed by atoms with Gasteiger partial charge >= 0.3 is 0 Å². The second-order valence-electron chi connectivity index (χ2n) is 5.25. The lowest BCUT2D eigenvalue weighted by atomic mass is 9.97. The largest absolute Gasteiger partial charge is 0.384 e. The maximum atomic E-state index is 6.14. The van der Waals surface area contributed by atoms with Crippen molar-refractivity contribution in [3.63, 3.8) is 0 Å². The van der Waals surface area contributed by atoms with Gasteiger partial charge in [-0.15, -0.1) is 0 Å². The highest BCUT2D eigenvalue weighted by molar-refractivity contribution is 5.71. The van der Waals surface area contributed by atoms with Crippen molar-refractivity contribution < 1.29 is 0 Å². The molecular formula is C15H21N3. The Hall–Kier alpha value is -1.77.